The lowest BCUT2D eigenvalue weighted by Crippen LogP contribution is -2.00. The Kier molecular flexibility index (Phi) is 5.08. The fraction of sp³-hybridized carbons (Fsp3) is 0. The average molecular weight is 676 g/mol. The highest BCUT2D eigenvalue weighted by atomic mass is 32.1. The number of nitrogens with zero attached hydrogens (tertiary/aromatic N) is 4. The highest BCUT2D eigenvalue weighted by Crippen LogP contribution is 2.38. The first-order valence-electron chi connectivity index (χ1n) is 19.0. The smallest absolute Gasteiger partial charge is 0.164 e. The summed E-state index contributed by atoms with van der Waals surface area (Å²) in [5, 5.41) is 6.43. The van der Waals surface area contributed by atoms with Crippen molar-refractivity contribution in [2.45, 2.75) is 0 Å². The van der Waals surface area contributed by atoms with Gasteiger partial charge in [-0.2, -0.15) is 0 Å². The van der Waals surface area contributed by atoms with Crippen LogP contribution in [0, 0.1) is 0 Å². The van der Waals surface area contributed by atoms with Crippen LogP contribution in [0.2, 0.25) is 0 Å². The number of fused-ring (bicyclic) bond motifs is 9. The summed E-state index contributed by atoms with van der Waals surface area (Å²) in [5.41, 5.74) is 5.91. The second kappa shape index (κ2) is 10.9. The maximum atomic E-state index is 8.74. The highest BCUT2D eigenvalue weighted by molar-refractivity contribution is 7.25. The van der Waals surface area contributed by atoms with Crippen molar-refractivity contribution in [3.63, 3.8) is 0 Å². The van der Waals surface area contributed by atoms with Crippen LogP contribution in [0.3, 0.4) is 0 Å². The van der Waals surface area contributed by atoms with E-state index in [9.17, 15) is 0 Å². The molecule has 0 unspecified atom stereocenters. The van der Waals surface area contributed by atoms with Gasteiger partial charge in [-0.3, -0.25) is 0 Å². The van der Waals surface area contributed by atoms with E-state index in [-0.39, 0.29) is 23.5 Å². The Labute approximate surface area is 302 Å². The van der Waals surface area contributed by atoms with Crippen molar-refractivity contribution < 1.29 is 11.3 Å². The first-order chi connectivity index (χ1) is 27.3. The molecule has 0 aliphatic heterocycles. The normalized spacial score (nSPS) is 13.3. The first kappa shape index (κ1) is 23.7. The molecule has 0 atom stereocenters. The number of thiophene rings is 1. The van der Waals surface area contributed by atoms with Gasteiger partial charge in [0.25, 0.3) is 0 Å². The SMILES string of the molecule is [2H]c1c([2H])c([2H])c(-c2nc(-c3ccc4c(c3)sc3ccccc34)nc(-c3ccc4oc5cc(-n6c7ccccc7c7ccccc76)ccc5c4c3)n2)c([2H])c1[2H]. The summed E-state index contributed by atoms with van der Waals surface area (Å²) < 4.78 is 53.3. The number of hydrogen-bond donors (Lipinski definition) is 0. The van der Waals surface area contributed by atoms with Crippen LogP contribution in [0.25, 0.3) is 104 Å². The predicted octanol–water partition coefficient (Wildman–Crippen LogP) is 12.2. The van der Waals surface area contributed by atoms with Crippen LogP contribution >= 0.6 is 11.3 Å². The monoisotopic (exact) mass is 675 g/mol. The number of para-hydroxylation sites is 2. The standard InChI is InChI=1S/C45H26N4OS/c1-2-10-27(11-3-1)43-46-44(48-45(47-43)29-18-21-35-34-14-6-9-17-41(34)51-42(35)25-29)28-19-23-39-36(24-28)33-22-20-30(26-40(33)50-39)49-37-15-7-4-12-31(37)32-13-5-8-16-38(32)49/h1-26H/i1D,2D,3D,10D,11D. The molecular formula is C45H26N4OS. The summed E-state index contributed by atoms with van der Waals surface area (Å²) in [7, 11) is 0. The molecule has 0 radical (unpaired) electrons. The van der Waals surface area contributed by atoms with Crippen LogP contribution in [0.15, 0.2) is 162 Å². The molecule has 0 amide bonds. The van der Waals surface area contributed by atoms with E-state index >= 15 is 0 Å². The summed E-state index contributed by atoms with van der Waals surface area (Å²) in [6.07, 6.45) is 0. The fourth-order valence-electron chi connectivity index (χ4n) is 7.22. The molecule has 0 aliphatic rings. The molecule has 11 rings (SSSR count). The number of aromatic nitrogens is 4. The van der Waals surface area contributed by atoms with Gasteiger partial charge in [-0.05, 0) is 54.6 Å². The zero-order valence-corrected chi connectivity index (χ0v) is 27.5. The minimum atomic E-state index is -0.480. The zero-order chi connectivity index (χ0) is 37.8. The van der Waals surface area contributed by atoms with Crippen LogP contribution in [-0.4, -0.2) is 19.5 Å². The van der Waals surface area contributed by atoms with Crippen molar-refractivity contribution in [1.82, 2.24) is 19.5 Å². The van der Waals surface area contributed by atoms with E-state index in [0.717, 1.165) is 48.5 Å². The first-order valence-corrected chi connectivity index (χ1v) is 17.3. The molecule has 0 aliphatic carbocycles. The third kappa shape index (κ3) is 4.43. The van der Waals surface area contributed by atoms with Crippen molar-refractivity contribution in [3.05, 3.63) is 158 Å². The number of furan rings is 1. The van der Waals surface area contributed by atoms with Crippen molar-refractivity contribution >= 4 is 75.3 Å². The Morgan fingerprint density at radius 3 is 1.84 bits per heavy atom. The Morgan fingerprint density at radius 1 is 0.471 bits per heavy atom. The van der Waals surface area contributed by atoms with E-state index in [4.69, 9.17) is 26.2 Å². The predicted molar refractivity (Wildman–Crippen MR) is 211 cm³/mol. The zero-order valence-electron chi connectivity index (χ0n) is 31.7. The minimum absolute atomic E-state index is 0.00796. The molecule has 0 N–H and O–H groups in total. The molecule has 0 saturated heterocycles. The van der Waals surface area contributed by atoms with Crippen molar-refractivity contribution in [2.24, 2.45) is 0 Å². The van der Waals surface area contributed by atoms with Gasteiger partial charge in [-0.25, -0.2) is 15.0 Å². The summed E-state index contributed by atoms with van der Waals surface area (Å²) in [6, 6.07) is 40.9. The van der Waals surface area contributed by atoms with Crippen molar-refractivity contribution in [2.75, 3.05) is 0 Å². The number of rotatable bonds is 4. The van der Waals surface area contributed by atoms with Gasteiger partial charge in [0.1, 0.15) is 11.2 Å². The molecule has 0 saturated carbocycles. The molecule has 0 spiro atoms. The summed E-state index contributed by atoms with van der Waals surface area (Å²) in [4.78, 5) is 14.5. The lowest BCUT2D eigenvalue weighted by molar-refractivity contribution is 0.668. The van der Waals surface area contributed by atoms with Gasteiger partial charge >= 0.3 is 0 Å². The van der Waals surface area contributed by atoms with Crippen LogP contribution in [0.1, 0.15) is 6.85 Å². The van der Waals surface area contributed by atoms with Crippen LogP contribution in [0.4, 0.5) is 0 Å². The van der Waals surface area contributed by atoms with E-state index in [1.165, 1.54) is 15.5 Å². The maximum absolute atomic E-state index is 8.74. The van der Waals surface area contributed by atoms with E-state index in [2.05, 4.69) is 89.5 Å². The number of benzene rings is 7. The molecular weight excluding hydrogens is 645 g/mol. The second-order valence-corrected chi connectivity index (χ2v) is 13.6. The summed E-state index contributed by atoms with van der Waals surface area (Å²) in [6.45, 7) is 0. The lowest BCUT2D eigenvalue weighted by atomic mass is 10.1. The van der Waals surface area contributed by atoms with E-state index in [0.29, 0.717) is 28.4 Å². The molecule has 51 heavy (non-hydrogen) atoms. The molecule has 6 heteroatoms. The summed E-state index contributed by atoms with van der Waals surface area (Å²) >= 11 is 1.67. The van der Waals surface area contributed by atoms with E-state index < -0.39 is 18.1 Å². The lowest BCUT2D eigenvalue weighted by Gasteiger charge is -2.09. The van der Waals surface area contributed by atoms with Crippen LogP contribution in [-0.2, 0) is 0 Å². The second-order valence-electron chi connectivity index (χ2n) is 12.5. The molecule has 0 bridgehead atoms. The number of hydrogen-bond acceptors (Lipinski definition) is 5. The average Bonchev–Trinajstić information content (AvgIpc) is 3.90. The third-order valence-electron chi connectivity index (χ3n) is 9.55. The van der Waals surface area contributed by atoms with Gasteiger partial charge in [0.2, 0.25) is 0 Å². The highest BCUT2D eigenvalue weighted by Gasteiger charge is 2.17. The Morgan fingerprint density at radius 2 is 1.08 bits per heavy atom. The molecule has 7 aromatic carbocycles. The largest absolute Gasteiger partial charge is 0.456 e. The molecule has 238 valence electrons. The van der Waals surface area contributed by atoms with Gasteiger partial charge < -0.3 is 8.98 Å². The Hall–Kier alpha value is -6.63. The minimum Gasteiger partial charge on any atom is -0.456 e. The van der Waals surface area contributed by atoms with Gasteiger partial charge in [0.15, 0.2) is 17.5 Å². The van der Waals surface area contributed by atoms with Gasteiger partial charge in [0.05, 0.1) is 17.9 Å². The van der Waals surface area contributed by atoms with Crippen molar-refractivity contribution in [3.8, 4) is 39.9 Å². The van der Waals surface area contributed by atoms with Gasteiger partial charge in [-0.1, -0.05) is 96.9 Å². The quantitative estimate of drug-likeness (QED) is 0.186. The molecule has 4 heterocycles. The van der Waals surface area contributed by atoms with Crippen LogP contribution in [0.5, 0.6) is 0 Å². The third-order valence-corrected chi connectivity index (χ3v) is 10.7. The molecule has 0 fully saturated rings. The van der Waals surface area contributed by atoms with E-state index in [1.807, 2.05) is 42.5 Å². The van der Waals surface area contributed by atoms with Crippen molar-refractivity contribution in [1.29, 1.82) is 0 Å². The van der Waals surface area contributed by atoms with E-state index in [1.54, 1.807) is 11.3 Å². The topological polar surface area (TPSA) is 56.7 Å². The molecule has 11 aromatic rings. The Bertz CT molecular complexity index is 3380. The van der Waals surface area contributed by atoms with Gasteiger partial charge in [-0.15, -0.1) is 11.3 Å². The Balaban J connectivity index is 1.09. The van der Waals surface area contributed by atoms with Crippen LogP contribution < -0.4 is 0 Å². The maximum Gasteiger partial charge on any atom is 0.164 e. The fourth-order valence-corrected chi connectivity index (χ4v) is 8.36. The summed E-state index contributed by atoms with van der Waals surface area (Å²) in [5.74, 6) is 0.613. The molecule has 5 nitrogen and oxygen atoms in total. The molecule has 4 aromatic heterocycles. The van der Waals surface area contributed by atoms with Gasteiger partial charge in [0, 0.05) is 70.2 Å².